The number of carbonyl (C=O) groups excluding carboxylic acids is 2. The number of hydrogen-bond donors (Lipinski definition) is 1. The molecule has 0 saturated heterocycles. The molecule has 0 radical (unpaired) electrons. The molecule has 1 atom stereocenters. The standard InChI is InChI=1S/C33H33FN6O3/c1-6-20(2)31(41)37-30-33(43)40(29(17-36-30)23-8-7-9-24(13-23)32(42)38(4)5)19-22-12-26(16-35-15-22)39-18-21(3)27-14-25(34)10-11-28(27)39/h7-18,20H,6,19H2,1-5H3,(H,36,37,41)/t20-/m1/s1. The summed E-state index contributed by atoms with van der Waals surface area (Å²) in [6, 6.07) is 13.6. The van der Waals surface area contributed by atoms with E-state index in [0.29, 0.717) is 28.8 Å². The highest BCUT2D eigenvalue weighted by Crippen LogP contribution is 2.26. The van der Waals surface area contributed by atoms with Gasteiger partial charge in [-0.05, 0) is 60.9 Å². The summed E-state index contributed by atoms with van der Waals surface area (Å²) in [4.78, 5) is 49.4. The third-order valence-corrected chi connectivity index (χ3v) is 7.53. The monoisotopic (exact) mass is 580 g/mol. The number of hydrogen-bond acceptors (Lipinski definition) is 5. The van der Waals surface area contributed by atoms with Gasteiger partial charge >= 0.3 is 0 Å². The van der Waals surface area contributed by atoms with Gasteiger partial charge in [-0.25, -0.2) is 9.37 Å². The quantitative estimate of drug-likeness (QED) is 0.264. The summed E-state index contributed by atoms with van der Waals surface area (Å²) in [5.41, 5.74) is 4.28. The Labute approximate surface area is 248 Å². The lowest BCUT2D eigenvalue weighted by Crippen LogP contribution is -2.30. The van der Waals surface area contributed by atoms with E-state index < -0.39 is 5.56 Å². The van der Waals surface area contributed by atoms with Crippen molar-refractivity contribution in [3.05, 3.63) is 106 Å². The summed E-state index contributed by atoms with van der Waals surface area (Å²) >= 11 is 0. The minimum Gasteiger partial charge on any atom is -0.345 e. The van der Waals surface area contributed by atoms with Crippen molar-refractivity contribution in [1.82, 2.24) is 24.0 Å². The number of aryl methyl sites for hydroxylation is 1. The van der Waals surface area contributed by atoms with Crippen molar-refractivity contribution in [2.45, 2.75) is 33.7 Å². The van der Waals surface area contributed by atoms with Crippen LogP contribution in [0.25, 0.3) is 27.8 Å². The molecule has 43 heavy (non-hydrogen) atoms. The second-order valence-electron chi connectivity index (χ2n) is 10.9. The minimum atomic E-state index is -0.485. The highest BCUT2D eigenvalue weighted by atomic mass is 19.1. The van der Waals surface area contributed by atoms with Crippen LogP contribution < -0.4 is 10.9 Å². The van der Waals surface area contributed by atoms with Gasteiger partial charge in [0.15, 0.2) is 5.82 Å². The van der Waals surface area contributed by atoms with Gasteiger partial charge < -0.3 is 14.8 Å². The maximum Gasteiger partial charge on any atom is 0.294 e. The number of rotatable bonds is 8. The molecule has 5 aromatic rings. The highest BCUT2D eigenvalue weighted by molar-refractivity contribution is 5.95. The number of nitrogens with zero attached hydrogens (tertiary/aromatic N) is 5. The van der Waals surface area contributed by atoms with Gasteiger partial charge in [-0.15, -0.1) is 0 Å². The molecule has 10 heteroatoms. The van der Waals surface area contributed by atoms with Crippen LogP contribution in [0.3, 0.4) is 0 Å². The topological polar surface area (TPSA) is 102 Å². The first kappa shape index (κ1) is 29.4. The lowest BCUT2D eigenvalue weighted by Gasteiger charge is -2.17. The van der Waals surface area contributed by atoms with Gasteiger partial charge in [0, 0.05) is 48.9 Å². The normalized spacial score (nSPS) is 11.9. The largest absolute Gasteiger partial charge is 0.345 e. The average molecular weight is 581 g/mol. The molecule has 0 saturated carbocycles. The highest BCUT2D eigenvalue weighted by Gasteiger charge is 2.19. The number of pyridine rings is 1. The molecule has 2 amide bonds. The van der Waals surface area contributed by atoms with Gasteiger partial charge in [0.05, 0.1) is 35.8 Å². The van der Waals surface area contributed by atoms with Gasteiger partial charge in [-0.2, -0.15) is 0 Å². The van der Waals surface area contributed by atoms with E-state index in [1.807, 2.05) is 30.7 Å². The number of benzene rings is 2. The summed E-state index contributed by atoms with van der Waals surface area (Å²) in [5, 5.41) is 3.48. The third-order valence-electron chi connectivity index (χ3n) is 7.53. The van der Waals surface area contributed by atoms with Crippen LogP contribution >= 0.6 is 0 Å². The molecule has 9 nitrogen and oxygen atoms in total. The zero-order chi connectivity index (χ0) is 30.8. The predicted octanol–water partition coefficient (Wildman–Crippen LogP) is 5.43. The number of anilines is 1. The van der Waals surface area contributed by atoms with E-state index >= 15 is 0 Å². The van der Waals surface area contributed by atoms with Crippen LogP contribution in [-0.4, -0.2) is 49.9 Å². The zero-order valence-electron chi connectivity index (χ0n) is 24.8. The molecular weight excluding hydrogens is 547 g/mol. The summed E-state index contributed by atoms with van der Waals surface area (Å²) in [6.45, 7) is 5.71. The zero-order valence-corrected chi connectivity index (χ0v) is 24.8. The van der Waals surface area contributed by atoms with Crippen molar-refractivity contribution in [2.24, 2.45) is 5.92 Å². The predicted molar refractivity (Wildman–Crippen MR) is 165 cm³/mol. The molecule has 0 spiro atoms. The summed E-state index contributed by atoms with van der Waals surface area (Å²) in [6.07, 6.45) is 7.44. The van der Waals surface area contributed by atoms with Crippen LogP contribution in [0, 0.1) is 18.7 Å². The van der Waals surface area contributed by atoms with Crippen LogP contribution in [-0.2, 0) is 11.3 Å². The molecule has 0 aliphatic rings. The fourth-order valence-electron chi connectivity index (χ4n) is 4.91. The number of fused-ring (bicyclic) bond motifs is 1. The van der Waals surface area contributed by atoms with Crippen LogP contribution in [0.4, 0.5) is 10.2 Å². The Morgan fingerprint density at radius 2 is 1.86 bits per heavy atom. The number of nitrogens with one attached hydrogen (secondary N) is 1. The molecule has 0 fully saturated rings. The molecular formula is C33H33FN6O3. The third kappa shape index (κ3) is 5.94. The van der Waals surface area contributed by atoms with Crippen molar-refractivity contribution < 1.29 is 14.0 Å². The fourth-order valence-corrected chi connectivity index (χ4v) is 4.91. The molecule has 0 unspecified atom stereocenters. The SMILES string of the molecule is CC[C@@H](C)C(=O)Nc1ncc(-c2cccc(C(=O)N(C)C)c2)n(Cc2cncc(-n3cc(C)c4cc(F)ccc43)c2)c1=O. The second kappa shape index (κ2) is 12.0. The Morgan fingerprint density at radius 1 is 1.07 bits per heavy atom. The smallest absolute Gasteiger partial charge is 0.294 e. The molecule has 1 N–H and O–H groups in total. The number of amides is 2. The van der Waals surface area contributed by atoms with Crippen molar-refractivity contribution in [3.63, 3.8) is 0 Å². The molecule has 3 heterocycles. The number of halogens is 1. The van der Waals surface area contributed by atoms with Crippen molar-refractivity contribution in [2.75, 3.05) is 19.4 Å². The van der Waals surface area contributed by atoms with Crippen molar-refractivity contribution >= 4 is 28.5 Å². The van der Waals surface area contributed by atoms with E-state index in [1.54, 1.807) is 63.7 Å². The lowest BCUT2D eigenvalue weighted by molar-refractivity contribution is -0.119. The maximum atomic E-state index is 13.9. The van der Waals surface area contributed by atoms with Crippen LogP contribution in [0.5, 0.6) is 0 Å². The van der Waals surface area contributed by atoms with Gasteiger partial charge in [0.25, 0.3) is 11.5 Å². The number of carbonyl (C=O) groups is 2. The molecule has 0 aliphatic heterocycles. The first-order valence-electron chi connectivity index (χ1n) is 14.0. The van der Waals surface area contributed by atoms with Gasteiger partial charge in [-0.3, -0.25) is 23.9 Å². The van der Waals surface area contributed by atoms with Crippen LogP contribution in [0.1, 0.15) is 41.8 Å². The Morgan fingerprint density at radius 3 is 2.60 bits per heavy atom. The van der Waals surface area contributed by atoms with E-state index in [4.69, 9.17) is 0 Å². The second-order valence-corrected chi connectivity index (χ2v) is 10.9. The van der Waals surface area contributed by atoms with Crippen LogP contribution in [0.15, 0.2) is 78.1 Å². The summed E-state index contributed by atoms with van der Waals surface area (Å²) in [5.74, 6) is -1.14. The molecule has 5 rings (SSSR count). The van der Waals surface area contributed by atoms with E-state index in [-0.39, 0.29) is 35.9 Å². The lowest BCUT2D eigenvalue weighted by atomic mass is 10.1. The first-order valence-corrected chi connectivity index (χ1v) is 14.0. The van der Waals surface area contributed by atoms with Gasteiger partial charge in [0.2, 0.25) is 5.91 Å². The summed E-state index contributed by atoms with van der Waals surface area (Å²) < 4.78 is 17.4. The minimum absolute atomic E-state index is 0.0762. The molecule has 0 aliphatic carbocycles. The van der Waals surface area contributed by atoms with E-state index in [9.17, 15) is 18.8 Å². The van der Waals surface area contributed by atoms with E-state index in [2.05, 4.69) is 15.3 Å². The molecule has 3 aromatic heterocycles. The van der Waals surface area contributed by atoms with E-state index in [1.165, 1.54) is 27.8 Å². The number of aromatic nitrogens is 4. The molecule has 220 valence electrons. The van der Waals surface area contributed by atoms with Crippen molar-refractivity contribution in [3.8, 4) is 16.9 Å². The summed E-state index contributed by atoms with van der Waals surface area (Å²) in [7, 11) is 3.35. The molecule has 0 bridgehead atoms. The average Bonchev–Trinajstić information content (AvgIpc) is 3.33. The van der Waals surface area contributed by atoms with Crippen molar-refractivity contribution in [1.29, 1.82) is 0 Å². The Balaban J connectivity index is 1.61. The van der Waals surface area contributed by atoms with Gasteiger partial charge in [0.1, 0.15) is 5.82 Å². The van der Waals surface area contributed by atoms with Gasteiger partial charge in [-0.1, -0.05) is 26.0 Å². The first-order chi connectivity index (χ1) is 20.6. The molecule has 2 aromatic carbocycles. The Hall–Kier alpha value is -5.12. The van der Waals surface area contributed by atoms with E-state index in [0.717, 1.165) is 22.2 Å². The fraction of sp³-hybridized carbons (Fsp3) is 0.242. The Bertz CT molecular complexity index is 1910. The van der Waals surface area contributed by atoms with Crippen LogP contribution in [0.2, 0.25) is 0 Å². The maximum absolute atomic E-state index is 13.9. The Kier molecular flexibility index (Phi) is 8.20.